The lowest BCUT2D eigenvalue weighted by molar-refractivity contribution is -0.870. The summed E-state index contributed by atoms with van der Waals surface area (Å²) in [6.45, 7) is 5.46. The number of phosphoric acid groups is 1. The molecule has 1 aliphatic rings. The van der Waals surface area contributed by atoms with Crippen LogP contribution in [0.1, 0.15) is 162 Å². The maximum Gasteiger partial charge on any atom is 0.472 e. The van der Waals surface area contributed by atoms with Gasteiger partial charge in [0.25, 0.3) is 0 Å². The summed E-state index contributed by atoms with van der Waals surface area (Å²) in [6, 6.07) is -0.609. The minimum absolute atomic E-state index is 0.0303. The van der Waals surface area contributed by atoms with Crippen LogP contribution in [-0.4, -0.2) is 104 Å². The van der Waals surface area contributed by atoms with Crippen molar-refractivity contribution in [3.63, 3.8) is 0 Å². The van der Waals surface area contributed by atoms with Crippen LogP contribution in [0.25, 0.3) is 0 Å². The number of allylic oxidation sites excluding steroid dienone is 2. The molecule has 0 heterocycles. The van der Waals surface area contributed by atoms with E-state index in [2.05, 4.69) is 19.2 Å². The number of hydrogen-bond acceptors (Lipinski definition) is 8. The number of quaternary nitrogens is 1. The van der Waals surface area contributed by atoms with E-state index in [1.807, 2.05) is 39.4 Å². The summed E-state index contributed by atoms with van der Waals surface area (Å²) in [6.07, 6.45) is 29.9. The first-order valence-corrected chi connectivity index (χ1v) is 23.8. The molecule has 0 bridgehead atoms. The Balaban J connectivity index is 2.46. The number of likely N-dealkylation sites (N-methyl/N-ethyl adjacent to an activating group) is 1. The highest BCUT2D eigenvalue weighted by Crippen LogP contribution is 2.43. The van der Waals surface area contributed by atoms with E-state index in [1.54, 1.807) is 6.08 Å². The largest absolute Gasteiger partial charge is 0.472 e. The first-order valence-electron chi connectivity index (χ1n) is 22.3. The zero-order chi connectivity index (χ0) is 41.5. The average Bonchev–Trinajstić information content (AvgIpc) is 3.40. The van der Waals surface area contributed by atoms with Crippen molar-refractivity contribution in [2.45, 2.75) is 180 Å². The van der Waals surface area contributed by atoms with Gasteiger partial charge in [-0.2, -0.15) is 0 Å². The van der Waals surface area contributed by atoms with E-state index >= 15 is 0 Å². The molecule has 0 aromatic heterocycles. The van der Waals surface area contributed by atoms with Gasteiger partial charge in [-0.1, -0.05) is 141 Å². The number of Topliss-reactive ketones (excluding diaryl/α,β-unsaturated/α-hetero) is 1. The van der Waals surface area contributed by atoms with Crippen molar-refractivity contribution in [2.75, 3.05) is 54.1 Å². The topological polar surface area (TPSA) is 152 Å². The number of nitrogens with zero attached hydrogens (tertiary/aromatic N) is 1. The Hall–Kier alpha value is -1.43. The second-order valence-electron chi connectivity index (χ2n) is 17.0. The van der Waals surface area contributed by atoms with E-state index in [1.165, 1.54) is 77.0 Å². The molecule has 12 heteroatoms. The van der Waals surface area contributed by atoms with Crippen LogP contribution in [0.2, 0.25) is 0 Å². The summed E-state index contributed by atoms with van der Waals surface area (Å²) >= 11 is 0. The van der Waals surface area contributed by atoms with E-state index in [0.717, 1.165) is 32.1 Å². The van der Waals surface area contributed by atoms with Crippen LogP contribution < -0.4 is 5.32 Å². The zero-order valence-electron chi connectivity index (χ0n) is 36.2. The van der Waals surface area contributed by atoms with Gasteiger partial charge >= 0.3 is 7.82 Å². The minimum Gasteiger partial charge on any atom is -0.392 e. The van der Waals surface area contributed by atoms with Gasteiger partial charge in [0.1, 0.15) is 18.9 Å². The quantitative estimate of drug-likeness (QED) is 0.0209. The van der Waals surface area contributed by atoms with Crippen molar-refractivity contribution in [3.05, 3.63) is 24.3 Å². The number of aliphatic hydroxyl groups excluding tert-OH is 2. The molecule has 1 fully saturated rings. The number of ether oxygens (including phenoxy) is 1. The molecule has 56 heavy (non-hydrogen) atoms. The molecule has 0 saturated heterocycles. The molecule has 11 nitrogen and oxygen atoms in total. The first-order chi connectivity index (χ1) is 26.8. The standard InChI is InChI=1S/C44H83N2O9P/c1-6-8-10-11-12-13-14-15-16-17-18-19-22-26-33-53-36-38(37-55-56(51,52)54-34-32-46(3,4)5)45-44(50)29-25-21-20-24-28-40-41(43(49)35-42(40)48)31-30-39(47)27-23-9-7-2/h20,24,30-31,38-41,43,47,49H,6-19,21-23,25-29,32-37H2,1-5H3,(H-,45,50,51,52)/p+1/b24-20-,31-30+/t38?,39-,40-,41+,43+/m0/s1. The van der Waals surface area contributed by atoms with Crippen molar-refractivity contribution in [2.24, 2.45) is 11.8 Å². The molecule has 328 valence electrons. The van der Waals surface area contributed by atoms with Gasteiger partial charge in [0.2, 0.25) is 5.91 Å². The van der Waals surface area contributed by atoms with Gasteiger partial charge in [0.05, 0.1) is 52.6 Å². The Bertz CT molecular complexity index is 1110. The highest BCUT2D eigenvalue weighted by Gasteiger charge is 2.39. The molecule has 1 amide bonds. The number of phosphoric ester groups is 1. The molecular weight excluding hydrogens is 731 g/mol. The highest BCUT2D eigenvalue weighted by atomic mass is 31.2. The molecular formula is C44H84N2O9P+. The number of aliphatic hydroxyl groups is 2. The van der Waals surface area contributed by atoms with Crippen LogP contribution >= 0.6 is 7.82 Å². The van der Waals surface area contributed by atoms with Crippen LogP contribution in [0.4, 0.5) is 0 Å². The predicted octanol–water partition coefficient (Wildman–Crippen LogP) is 8.99. The number of nitrogens with one attached hydrogen (secondary N) is 1. The smallest absolute Gasteiger partial charge is 0.392 e. The zero-order valence-corrected chi connectivity index (χ0v) is 37.1. The van der Waals surface area contributed by atoms with Gasteiger partial charge in [-0.15, -0.1) is 0 Å². The Morgan fingerprint density at radius 3 is 2.04 bits per heavy atom. The van der Waals surface area contributed by atoms with Crippen LogP contribution in [0.5, 0.6) is 0 Å². The molecule has 0 aromatic carbocycles. The van der Waals surface area contributed by atoms with E-state index in [-0.39, 0.29) is 56.2 Å². The number of rotatable bonds is 37. The van der Waals surface area contributed by atoms with Gasteiger partial charge in [-0.05, 0) is 32.1 Å². The Kier molecular flexibility index (Phi) is 30.5. The number of ketones is 1. The monoisotopic (exact) mass is 816 g/mol. The molecule has 0 radical (unpaired) electrons. The third-order valence-electron chi connectivity index (χ3n) is 10.5. The van der Waals surface area contributed by atoms with Crippen LogP contribution in [0.15, 0.2) is 24.3 Å². The summed E-state index contributed by atoms with van der Waals surface area (Å²) in [4.78, 5) is 35.7. The Morgan fingerprint density at radius 1 is 0.839 bits per heavy atom. The second kappa shape index (κ2) is 32.4. The maximum atomic E-state index is 12.9. The third-order valence-corrected chi connectivity index (χ3v) is 11.5. The number of hydrogen-bond donors (Lipinski definition) is 4. The fraction of sp³-hybridized carbons (Fsp3) is 0.864. The first kappa shape index (κ1) is 52.6. The lowest BCUT2D eigenvalue weighted by Gasteiger charge is -2.24. The van der Waals surface area contributed by atoms with Gasteiger partial charge in [0.15, 0.2) is 0 Å². The SMILES string of the molecule is CCCCCCCCCCCCCCCCOCC(COP(=O)(O)OCC[N+](C)(C)C)NC(=O)CCC/C=C\C[C@@H]1C(=O)C[C@@H](O)[C@@H]1/C=C/[C@@H](O)CCCCC. The lowest BCUT2D eigenvalue weighted by atomic mass is 9.90. The summed E-state index contributed by atoms with van der Waals surface area (Å²) in [7, 11) is 1.58. The lowest BCUT2D eigenvalue weighted by Crippen LogP contribution is -2.41. The normalized spacial score (nSPS) is 19.9. The Labute approximate surface area is 341 Å². The summed E-state index contributed by atoms with van der Waals surface area (Å²) < 4.78 is 29.5. The predicted molar refractivity (Wildman–Crippen MR) is 227 cm³/mol. The fourth-order valence-electron chi connectivity index (χ4n) is 6.93. The van der Waals surface area contributed by atoms with Gasteiger partial charge in [0, 0.05) is 31.3 Å². The summed E-state index contributed by atoms with van der Waals surface area (Å²) in [5, 5.41) is 23.6. The van der Waals surface area contributed by atoms with Gasteiger partial charge in [-0.25, -0.2) is 4.57 Å². The van der Waals surface area contributed by atoms with E-state index in [0.29, 0.717) is 43.3 Å². The minimum atomic E-state index is -4.31. The van der Waals surface area contributed by atoms with Crippen molar-refractivity contribution in [1.29, 1.82) is 0 Å². The van der Waals surface area contributed by atoms with Gasteiger partial charge in [-0.3, -0.25) is 18.6 Å². The number of amides is 1. The molecule has 1 rings (SSSR count). The average molecular weight is 816 g/mol. The third kappa shape index (κ3) is 28.9. The molecule has 0 aliphatic heterocycles. The molecule has 4 N–H and O–H groups in total. The van der Waals surface area contributed by atoms with E-state index in [9.17, 15) is 29.3 Å². The molecule has 1 aliphatic carbocycles. The Morgan fingerprint density at radius 2 is 1.43 bits per heavy atom. The van der Waals surface area contributed by atoms with Crippen LogP contribution in [-0.2, 0) is 27.9 Å². The van der Waals surface area contributed by atoms with Crippen molar-refractivity contribution < 1.29 is 47.5 Å². The molecule has 6 atom stereocenters. The number of unbranched alkanes of at least 4 members (excludes halogenated alkanes) is 16. The van der Waals surface area contributed by atoms with Crippen LogP contribution in [0, 0.1) is 11.8 Å². The van der Waals surface area contributed by atoms with Crippen LogP contribution in [0.3, 0.4) is 0 Å². The molecule has 2 unspecified atom stereocenters. The van der Waals surface area contributed by atoms with Crippen molar-refractivity contribution in [3.8, 4) is 0 Å². The fourth-order valence-corrected chi connectivity index (χ4v) is 7.69. The summed E-state index contributed by atoms with van der Waals surface area (Å²) in [5.41, 5.74) is 0. The van der Waals surface area contributed by atoms with Crippen molar-refractivity contribution in [1.82, 2.24) is 5.32 Å². The van der Waals surface area contributed by atoms with Gasteiger partial charge < -0.3 is 29.6 Å². The maximum absolute atomic E-state index is 12.9. The second-order valence-corrected chi connectivity index (χ2v) is 18.5. The summed E-state index contributed by atoms with van der Waals surface area (Å²) in [5.74, 6) is -0.815. The van der Waals surface area contributed by atoms with E-state index in [4.69, 9.17) is 13.8 Å². The molecule has 1 saturated carbocycles. The molecule has 0 spiro atoms. The van der Waals surface area contributed by atoms with Crippen molar-refractivity contribution >= 4 is 19.5 Å². The molecule has 0 aromatic rings. The van der Waals surface area contributed by atoms with E-state index < -0.39 is 26.1 Å². The highest BCUT2D eigenvalue weighted by molar-refractivity contribution is 7.47. The number of carbonyl (C=O) groups is 2. The number of carbonyl (C=O) groups excluding carboxylic acids is 2.